The lowest BCUT2D eigenvalue weighted by molar-refractivity contribution is -0.106. The summed E-state index contributed by atoms with van der Waals surface area (Å²) in [5.74, 6) is 0. The smallest absolute Gasteiger partial charge is 0.163 e. The maximum absolute atomic E-state index is 11.6. The summed E-state index contributed by atoms with van der Waals surface area (Å²) in [5.41, 5.74) is 3.57. The quantitative estimate of drug-likeness (QED) is 0.536. The molecule has 0 bridgehead atoms. The molecule has 1 aromatic heterocycles. The van der Waals surface area contributed by atoms with Crippen LogP contribution in [0.1, 0.15) is 5.69 Å². The van der Waals surface area contributed by atoms with Crippen LogP contribution in [0.3, 0.4) is 0 Å². The molecule has 0 saturated heterocycles. The van der Waals surface area contributed by atoms with Crippen LogP contribution in [0.4, 0.5) is 5.69 Å². The Bertz CT molecular complexity index is 941. The lowest BCUT2D eigenvalue weighted by atomic mass is 10.1. The van der Waals surface area contributed by atoms with E-state index in [1.54, 1.807) is 29.1 Å². The van der Waals surface area contributed by atoms with Crippen LogP contribution < -0.4 is 5.32 Å². The van der Waals surface area contributed by atoms with Crippen LogP contribution in [-0.2, 0) is 16.0 Å². The number of aromatic nitrogens is 2. The Kier molecular flexibility index (Phi) is 5.37. The Hall–Kier alpha value is -3.08. The highest BCUT2D eigenvalue weighted by atomic mass is 32.2. The molecule has 0 saturated carbocycles. The van der Waals surface area contributed by atoms with Gasteiger partial charge in [0.05, 0.1) is 17.9 Å². The van der Waals surface area contributed by atoms with Crippen molar-refractivity contribution in [3.63, 3.8) is 0 Å². The van der Waals surface area contributed by atoms with Crippen LogP contribution in [0.2, 0.25) is 0 Å². The molecule has 0 fully saturated rings. The van der Waals surface area contributed by atoms with Crippen LogP contribution in [0.5, 0.6) is 0 Å². The topological polar surface area (TPSA) is 93.8 Å². The second-order valence-electron chi connectivity index (χ2n) is 5.51. The number of carbonyl (C=O) groups is 1. The van der Waals surface area contributed by atoms with E-state index in [1.807, 2.05) is 36.4 Å². The average molecular weight is 364 g/mol. The number of carbonyl (C=O) groups excluding carboxylic acids is 1. The monoisotopic (exact) mass is 364 g/mol. The first-order valence-corrected chi connectivity index (χ1v) is 9.40. The van der Waals surface area contributed by atoms with E-state index in [2.05, 4.69) is 16.5 Å². The van der Waals surface area contributed by atoms with Crippen molar-refractivity contribution in [2.24, 2.45) is 0 Å². The highest BCUT2D eigenvalue weighted by Gasteiger charge is 2.13. The minimum absolute atomic E-state index is 0.246. The number of hydrogen-bond donors (Lipinski definition) is 1. The third-order valence-electron chi connectivity index (χ3n) is 3.81. The fourth-order valence-electron chi connectivity index (χ4n) is 2.54. The van der Waals surface area contributed by atoms with Gasteiger partial charge in [-0.05, 0) is 59.7 Å². The van der Waals surface area contributed by atoms with Gasteiger partial charge in [-0.2, -0.15) is 10.4 Å². The van der Waals surface area contributed by atoms with E-state index in [0.29, 0.717) is 5.69 Å². The second kappa shape index (κ2) is 7.87. The summed E-state index contributed by atoms with van der Waals surface area (Å²) in [4.78, 5) is 11.2. The number of hydrogen-bond acceptors (Lipinski definition) is 5. The molecule has 0 spiro atoms. The summed E-state index contributed by atoms with van der Waals surface area (Å²) >= 11 is -1.04. The van der Waals surface area contributed by atoms with Gasteiger partial charge in [-0.1, -0.05) is 0 Å². The van der Waals surface area contributed by atoms with Crippen LogP contribution in [0.15, 0.2) is 59.5 Å². The number of nitrogens with zero attached hydrogens (tertiary/aromatic N) is 3. The van der Waals surface area contributed by atoms with Crippen molar-refractivity contribution in [3.8, 4) is 23.0 Å². The van der Waals surface area contributed by atoms with Crippen molar-refractivity contribution >= 4 is 23.1 Å². The van der Waals surface area contributed by atoms with Gasteiger partial charge in [0, 0.05) is 17.3 Å². The summed E-state index contributed by atoms with van der Waals surface area (Å²) in [5, 5.41) is 16.5. The summed E-state index contributed by atoms with van der Waals surface area (Å²) in [7, 11) is 0. The molecule has 1 heterocycles. The van der Waals surface area contributed by atoms with Crippen molar-refractivity contribution in [3.05, 3.63) is 60.3 Å². The largest absolute Gasteiger partial charge is 0.612 e. The highest BCUT2D eigenvalue weighted by Crippen LogP contribution is 2.26. The van der Waals surface area contributed by atoms with Gasteiger partial charge < -0.3 is 14.7 Å². The SMILES string of the molecule is C[S+]([O-])c1ccc(-c2cc(C#N)nn2-c2ccc(NCC=O)cc2)cc1. The van der Waals surface area contributed by atoms with Crippen LogP contribution in [0, 0.1) is 11.3 Å². The van der Waals surface area contributed by atoms with Crippen molar-refractivity contribution in [2.45, 2.75) is 4.90 Å². The van der Waals surface area contributed by atoms with Crippen molar-refractivity contribution < 1.29 is 9.35 Å². The van der Waals surface area contributed by atoms with Gasteiger partial charge in [0.15, 0.2) is 10.6 Å². The standard InChI is InChI=1S/C19H16N4O2S/c1-26(25)18-8-2-14(3-9-18)19-12-16(13-20)22-23(19)17-6-4-15(5-7-17)21-10-11-24/h2-9,11-12,21H,10H2,1H3. The van der Waals surface area contributed by atoms with Gasteiger partial charge in [0.25, 0.3) is 0 Å². The molecule has 1 unspecified atom stereocenters. The number of nitriles is 1. The Morgan fingerprint density at radius 2 is 1.92 bits per heavy atom. The molecular weight excluding hydrogens is 348 g/mol. The van der Waals surface area contributed by atoms with E-state index in [1.165, 1.54) is 0 Å². The van der Waals surface area contributed by atoms with E-state index < -0.39 is 11.2 Å². The van der Waals surface area contributed by atoms with Crippen molar-refractivity contribution in [2.75, 3.05) is 18.1 Å². The lowest BCUT2D eigenvalue weighted by Gasteiger charge is -2.10. The fraction of sp³-hybridized carbons (Fsp3) is 0.105. The van der Waals surface area contributed by atoms with Crippen molar-refractivity contribution in [1.29, 1.82) is 5.26 Å². The van der Waals surface area contributed by atoms with Gasteiger partial charge >= 0.3 is 0 Å². The first-order chi connectivity index (χ1) is 12.6. The van der Waals surface area contributed by atoms with Gasteiger partial charge in [-0.25, -0.2) is 4.68 Å². The number of nitrogens with one attached hydrogen (secondary N) is 1. The third kappa shape index (κ3) is 3.77. The molecule has 0 aliphatic rings. The summed E-state index contributed by atoms with van der Waals surface area (Å²) in [6, 6.07) is 18.5. The van der Waals surface area contributed by atoms with Crippen LogP contribution in [0.25, 0.3) is 16.9 Å². The van der Waals surface area contributed by atoms with Gasteiger partial charge in [0.1, 0.15) is 18.6 Å². The zero-order valence-electron chi connectivity index (χ0n) is 14.0. The maximum atomic E-state index is 11.6. The molecule has 0 aliphatic heterocycles. The van der Waals surface area contributed by atoms with E-state index in [-0.39, 0.29) is 6.54 Å². The first kappa shape index (κ1) is 17.7. The highest BCUT2D eigenvalue weighted by molar-refractivity contribution is 7.90. The molecule has 130 valence electrons. The van der Waals surface area contributed by atoms with Gasteiger partial charge in [-0.3, -0.25) is 0 Å². The minimum atomic E-state index is -1.04. The maximum Gasteiger partial charge on any atom is 0.163 e. The third-order valence-corrected chi connectivity index (χ3v) is 4.74. The molecule has 1 N–H and O–H groups in total. The number of benzene rings is 2. The number of rotatable bonds is 6. The van der Waals surface area contributed by atoms with E-state index in [4.69, 9.17) is 0 Å². The molecular formula is C19H16N4O2S. The van der Waals surface area contributed by atoms with E-state index >= 15 is 0 Å². The molecule has 0 aliphatic carbocycles. The molecule has 2 aromatic carbocycles. The molecule has 0 amide bonds. The lowest BCUT2D eigenvalue weighted by Crippen LogP contribution is -2.03. The summed E-state index contributed by atoms with van der Waals surface area (Å²) in [6.07, 6.45) is 2.43. The summed E-state index contributed by atoms with van der Waals surface area (Å²) in [6.45, 7) is 0.246. The molecule has 0 radical (unpaired) electrons. The Labute approximate surface area is 154 Å². The van der Waals surface area contributed by atoms with Crippen LogP contribution in [-0.4, -0.2) is 33.4 Å². The average Bonchev–Trinajstić information content (AvgIpc) is 3.11. The summed E-state index contributed by atoms with van der Waals surface area (Å²) < 4.78 is 13.3. The molecule has 3 aromatic rings. The number of aldehydes is 1. The number of anilines is 1. The van der Waals surface area contributed by atoms with Crippen LogP contribution >= 0.6 is 0 Å². The molecule has 3 rings (SSSR count). The predicted molar refractivity (Wildman–Crippen MR) is 101 cm³/mol. The van der Waals surface area contributed by atoms with Gasteiger partial charge in [0.2, 0.25) is 0 Å². The Morgan fingerprint density at radius 3 is 2.50 bits per heavy atom. The second-order valence-corrected chi connectivity index (χ2v) is 6.89. The molecule has 26 heavy (non-hydrogen) atoms. The molecule has 7 heteroatoms. The molecule has 1 atom stereocenters. The van der Waals surface area contributed by atoms with E-state index in [9.17, 15) is 14.6 Å². The first-order valence-electron chi connectivity index (χ1n) is 7.84. The normalized spacial score (nSPS) is 11.6. The predicted octanol–water partition coefficient (Wildman–Crippen LogP) is 2.76. The Balaban J connectivity index is 1.98. The Morgan fingerprint density at radius 1 is 1.23 bits per heavy atom. The fourth-order valence-corrected chi connectivity index (χ4v) is 3.05. The van der Waals surface area contributed by atoms with Gasteiger partial charge in [-0.15, -0.1) is 0 Å². The minimum Gasteiger partial charge on any atom is -0.612 e. The van der Waals surface area contributed by atoms with E-state index in [0.717, 1.165) is 33.8 Å². The zero-order valence-corrected chi connectivity index (χ0v) is 14.9. The molecule has 6 nitrogen and oxygen atoms in total. The van der Waals surface area contributed by atoms with Crippen molar-refractivity contribution in [1.82, 2.24) is 9.78 Å². The zero-order chi connectivity index (χ0) is 18.5.